The van der Waals surface area contributed by atoms with Crippen molar-refractivity contribution >= 4 is 0 Å². The van der Waals surface area contributed by atoms with Crippen molar-refractivity contribution in [3.63, 3.8) is 0 Å². The van der Waals surface area contributed by atoms with E-state index in [0.717, 1.165) is 57.7 Å². The zero-order valence-electron chi connectivity index (χ0n) is 16.0. The first kappa shape index (κ1) is 18.6. The van der Waals surface area contributed by atoms with Gasteiger partial charge in [0, 0.05) is 38.3 Å². The minimum atomic E-state index is -0.518. The first-order valence-corrected chi connectivity index (χ1v) is 10.1. The van der Waals surface area contributed by atoms with Crippen LogP contribution in [0.25, 0.3) is 0 Å². The SMILES string of the molecule is CC(C)(C)C1CCC(O)(CN2C[C@@H]3CCCN3C[C@@H]2CCO)CC1. The molecule has 1 saturated carbocycles. The molecular weight excluding hydrogens is 300 g/mol. The summed E-state index contributed by atoms with van der Waals surface area (Å²) in [5, 5.41) is 20.7. The van der Waals surface area contributed by atoms with Gasteiger partial charge in [0.1, 0.15) is 0 Å². The van der Waals surface area contributed by atoms with Crippen LogP contribution in [0, 0.1) is 11.3 Å². The zero-order valence-corrected chi connectivity index (χ0v) is 16.0. The van der Waals surface area contributed by atoms with Crippen LogP contribution in [0.5, 0.6) is 0 Å². The number of nitrogens with zero attached hydrogens (tertiary/aromatic N) is 2. The average molecular weight is 339 g/mol. The zero-order chi connectivity index (χ0) is 17.4. The molecule has 4 heteroatoms. The molecule has 3 fully saturated rings. The smallest absolute Gasteiger partial charge is 0.0774 e. The molecule has 2 aliphatic heterocycles. The first-order valence-electron chi connectivity index (χ1n) is 10.1. The second kappa shape index (κ2) is 7.22. The lowest BCUT2D eigenvalue weighted by atomic mass is 9.68. The van der Waals surface area contributed by atoms with E-state index >= 15 is 0 Å². The predicted octanol–water partition coefficient (Wildman–Crippen LogP) is 2.48. The molecule has 0 spiro atoms. The Morgan fingerprint density at radius 1 is 1.08 bits per heavy atom. The van der Waals surface area contributed by atoms with Crippen LogP contribution in [-0.2, 0) is 0 Å². The highest BCUT2D eigenvalue weighted by atomic mass is 16.3. The number of rotatable bonds is 4. The summed E-state index contributed by atoms with van der Waals surface area (Å²) < 4.78 is 0. The van der Waals surface area contributed by atoms with Crippen LogP contribution < -0.4 is 0 Å². The number of aliphatic hydroxyl groups is 2. The number of β-amino-alcohol motifs (C(OH)–C–C–N with tert-alkyl or cyclic N) is 1. The van der Waals surface area contributed by atoms with Crippen LogP contribution >= 0.6 is 0 Å². The van der Waals surface area contributed by atoms with Crippen molar-refractivity contribution in [2.24, 2.45) is 11.3 Å². The van der Waals surface area contributed by atoms with E-state index in [-0.39, 0.29) is 6.61 Å². The molecular formula is C20H38N2O2. The standard InChI is InChI=1S/C20H38N2O2/c1-19(2,3)16-6-9-20(24,10-7-16)15-22-14-17-5-4-11-21(17)13-18(22)8-12-23/h16-18,23-24H,4-15H2,1-3H3/t16?,17-,18-,20?/m0/s1. The predicted molar refractivity (Wildman–Crippen MR) is 98.0 cm³/mol. The van der Waals surface area contributed by atoms with Gasteiger partial charge in [0.15, 0.2) is 0 Å². The van der Waals surface area contributed by atoms with Crippen molar-refractivity contribution < 1.29 is 10.2 Å². The molecule has 24 heavy (non-hydrogen) atoms. The van der Waals surface area contributed by atoms with Crippen molar-refractivity contribution in [1.82, 2.24) is 9.80 Å². The molecule has 2 heterocycles. The molecule has 140 valence electrons. The molecule has 0 aromatic carbocycles. The monoisotopic (exact) mass is 338 g/mol. The molecule has 4 nitrogen and oxygen atoms in total. The molecule has 3 aliphatic rings. The van der Waals surface area contributed by atoms with Crippen LogP contribution in [0.1, 0.15) is 65.7 Å². The van der Waals surface area contributed by atoms with E-state index in [2.05, 4.69) is 30.6 Å². The quantitative estimate of drug-likeness (QED) is 0.827. The Bertz CT molecular complexity index is 412. The third-order valence-corrected chi connectivity index (χ3v) is 7.01. The molecule has 0 aromatic rings. The number of hydrogen-bond acceptors (Lipinski definition) is 4. The lowest BCUT2D eigenvalue weighted by Gasteiger charge is -2.48. The van der Waals surface area contributed by atoms with Gasteiger partial charge in [-0.2, -0.15) is 0 Å². The summed E-state index contributed by atoms with van der Waals surface area (Å²) in [5.41, 5.74) is -0.160. The molecule has 0 unspecified atom stereocenters. The van der Waals surface area contributed by atoms with E-state index in [1.165, 1.54) is 19.4 Å². The molecule has 0 bridgehead atoms. The van der Waals surface area contributed by atoms with Gasteiger partial charge in [0.25, 0.3) is 0 Å². The van der Waals surface area contributed by atoms with Crippen LogP contribution in [0.3, 0.4) is 0 Å². The Kier molecular flexibility index (Phi) is 5.60. The van der Waals surface area contributed by atoms with Crippen molar-refractivity contribution in [2.75, 3.05) is 32.8 Å². The highest BCUT2D eigenvalue weighted by Gasteiger charge is 2.42. The van der Waals surface area contributed by atoms with E-state index in [9.17, 15) is 10.2 Å². The maximum absolute atomic E-state index is 11.2. The molecule has 2 saturated heterocycles. The third-order valence-electron chi connectivity index (χ3n) is 7.01. The van der Waals surface area contributed by atoms with Gasteiger partial charge < -0.3 is 10.2 Å². The lowest BCUT2D eigenvalue weighted by molar-refractivity contribution is -0.0740. The van der Waals surface area contributed by atoms with Gasteiger partial charge >= 0.3 is 0 Å². The molecule has 0 radical (unpaired) electrons. The van der Waals surface area contributed by atoms with Gasteiger partial charge in [-0.25, -0.2) is 0 Å². The largest absolute Gasteiger partial charge is 0.396 e. The van der Waals surface area contributed by atoms with Gasteiger partial charge in [-0.15, -0.1) is 0 Å². The normalized spacial score (nSPS) is 39.1. The fraction of sp³-hybridized carbons (Fsp3) is 1.00. The molecule has 0 aromatic heterocycles. The second-order valence-electron chi connectivity index (χ2n) is 9.75. The van der Waals surface area contributed by atoms with Crippen LogP contribution in [0.2, 0.25) is 0 Å². The molecule has 0 amide bonds. The van der Waals surface area contributed by atoms with Crippen molar-refractivity contribution in [2.45, 2.75) is 83.4 Å². The Balaban J connectivity index is 1.60. The highest BCUT2D eigenvalue weighted by Crippen LogP contribution is 2.42. The molecule has 2 N–H and O–H groups in total. The summed E-state index contributed by atoms with van der Waals surface area (Å²) >= 11 is 0. The average Bonchev–Trinajstić information content (AvgIpc) is 2.94. The van der Waals surface area contributed by atoms with E-state index in [1.807, 2.05) is 0 Å². The minimum Gasteiger partial charge on any atom is -0.396 e. The third kappa shape index (κ3) is 4.14. The number of piperazine rings is 1. The Hall–Kier alpha value is -0.160. The topological polar surface area (TPSA) is 46.9 Å². The summed E-state index contributed by atoms with van der Waals surface area (Å²) in [7, 11) is 0. The summed E-state index contributed by atoms with van der Waals surface area (Å²) in [6.07, 6.45) is 7.61. The molecule has 3 rings (SSSR count). The fourth-order valence-corrected chi connectivity index (χ4v) is 5.32. The maximum Gasteiger partial charge on any atom is 0.0774 e. The van der Waals surface area contributed by atoms with Crippen LogP contribution in [0.4, 0.5) is 0 Å². The van der Waals surface area contributed by atoms with Crippen molar-refractivity contribution in [3.8, 4) is 0 Å². The second-order valence-corrected chi connectivity index (χ2v) is 9.75. The van der Waals surface area contributed by atoms with Gasteiger partial charge in [0.05, 0.1) is 5.60 Å². The van der Waals surface area contributed by atoms with Crippen molar-refractivity contribution in [1.29, 1.82) is 0 Å². The highest BCUT2D eigenvalue weighted by molar-refractivity contribution is 4.97. The fourth-order valence-electron chi connectivity index (χ4n) is 5.32. The lowest BCUT2D eigenvalue weighted by Crippen LogP contribution is -2.60. The number of aliphatic hydroxyl groups excluding tert-OH is 1. The Labute approximate surface area is 148 Å². The van der Waals surface area contributed by atoms with Gasteiger partial charge in [-0.1, -0.05) is 20.8 Å². The van der Waals surface area contributed by atoms with Gasteiger partial charge in [-0.3, -0.25) is 9.80 Å². The summed E-state index contributed by atoms with van der Waals surface area (Å²) in [4.78, 5) is 5.12. The van der Waals surface area contributed by atoms with Crippen LogP contribution in [-0.4, -0.2) is 70.5 Å². The molecule has 2 atom stereocenters. The van der Waals surface area contributed by atoms with Gasteiger partial charge in [-0.05, 0) is 62.8 Å². The Morgan fingerprint density at radius 2 is 1.79 bits per heavy atom. The summed E-state index contributed by atoms with van der Waals surface area (Å²) in [6, 6.07) is 1.09. The van der Waals surface area contributed by atoms with E-state index in [1.54, 1.807) is 0 Å². The van der Waals surface area contributed by atoms with E-state index < -0.39 is 5.60 Å². The minimum absolute atomic E-state index is 0.254. The number of fused-ring (bicyclic) bond motifs is 1. The molecule has 1 aliphatic carbocycles. The van der Waals surface area contributed by atoms with Crippen LogP contribution in [0.15, 0.2) is 0 Å². The first-order chi connectivity index (χ1) is 11.3. The summed E-state index contributed by atoms with van der Waals surface area (Å²) in [6.45, 7) is 11.4. The van der Waals surface area contributed by atoms with Crippen molar-refractivity contribution in [3.05, 3.63) is 0 Å². The van der Waals surface area contributed by atoms with Gasteiger partial charge in [0.2, 0.25) is 0 Å². The van der Waals surface area contributed by atoms with E-state index in [4.69, 9.17) is 0 Å². The maximum atomic E-state index is 11.2. The number of hydrogen-bond donors (Lipinski definition) is 2. The Morgan fingerprint density at radius 3 is 2.42 bits per heavy atom. The summed E-state index contributed by atoms with van der Waals surface area (Å²) in [5.74, 6) is 0.734. The van der Waals surface area contributed by atoms with E-state index in [0.29, 0.717) is 17.5 Å².